The third-order valence-corrected chi connectivity index (χ3v) is 5.75. The first-order chi connectivity index (χ1) is 17.1. The zero-order chi connectivity index (χ0) is 24.9. The predicted octanol–water partition coefficient (Wildman–Crippen LogP) is 4.46. The van der Waals surface area contributed by atoms with E-state index in [-0.39, 0.29) is 12.7 Å². The van der Waals surface area contributed by atoms with Crippen LogP contribution in [0.15, 0.2) is 55.1 Å². The molecule has 35 heavy (non-hydrogen) atoms. The van der Waals surface area contributed by atoms with E-state index in [9.17, 15) is 4.79 Å². The number of amides is 1. The molecular weight excluding hydrogens is 444 g/mol. The molecule has 1 amide bonds. The third-order valence-electron chi connectivity index (χ3n) is 5.75. The lowest BCUT2D eigenvalue weighted by Gasteiger charge is -2.20. The Balaban J connectivity index is 1.33. The molecule has 0 radical (unpaired) electrons. The molecule has 188 valence electrons. The van der Waals surface area contributed by atoms with Crippen molar-refractivity contribution >= 4 is 12.0 Å². The average Bonchev–Trinajstić information content (AvgIpc) is 3.35. The zero-order valence-electron chi connectivity index (χ0n) is 20.8. The summed E-state index contributed by atoms with van der Waals surface area (Å²) in [5.41, 5.74) is 2.20. The number of rotatable bonds is 15. The number of nitrogens with one attached hydrogen (secondary N) is 1. The van der Waals surface area contributed by atoms with Crippen LogP contribution in [0.25, 0.3) is 6.08 Å². The van der Waals surface area contributed by atoms with Crippen molar-refractivity contribution in [2.24, 2.45) is 0 Å². The number of aryl methyl sites for hydroxylation is 1. The highest BCUT2D eigenvalue weighted by molar-refractivity contribution is 5.79. The SMILES string of the molecule is C=CCN(CCCNCCCc1ccc(OC)c(OC)c1)C(=O)C/C=C/c1ccc2c(c1)OCO2. The van der Waals surface area contributed by atoms with Gasteiger partial charge in [-0.25, -0.2) is 0 Å². The monoisotopic (exact) mass is 480 g/mol. The number of carbonyl (C=O) groups is 1. The van der Waals surface area contributed by atoms with E-state index in [2.05, 4.69) is 18.0 Å². The zero-order valence-corrected chi connectivity index (χ0v) is 20.8. The molecule has 0 saturated carbocycles. The fourth-order valence-corrected chi connectivity index (χ4v) is 3.89. The lowest BCUT2D eigenvalue weighted by atomic mass is 10.1. The van der Waals surface area contributed by atoms with E-state index in [1.807, 2.05) is 47.4 Å². The normalized spacial score (nSPS) is 12.1. The molecule has 0 bridgehead atoms. The molecule has 0 aliphatic carbocycles. The quantitative estimate of drug-likeness (QED) is 0.300. The summed E-state index contributed by atoms with van der Waals surface area (Å²) in [6, 6.07) is 11.8. The van der Waals surface area contributed by atoms with Crippen LogP contribution >= 0.6 is 0 Å². The number of carbonyl (C=O) groups excluding carboxylic acids is 1. The van der Waals surface area contributed by atoms with Crippen molar-refractivity contribution < 1.29 is 23.7 Å². The van der Waals surface area contributed by atoms with Gasteiger partial charge in [-0.3, -0.25) is 4.79 Å². The van der Waals surface area contributed by atoms with Gasteiger partial charge in [0.1, 0.15) is 0 Å². The van der Waals surface area contributed by atoms with Gasteiger partial charge in [-0.15, -0.1) is 6.58 Å². The Hall–Kier alpha value is -3.45. The molecule has 2 aromatic rings. The van der Waals surface area contributed by atoms with Gasteiger partial charge in [0.15, 0.2) is 23.0 Å². The molecule has 0 saturated heterocycles. The Kier molecular flexibility index (Phi) is 10.5. The highest BCUT2D eigenvalue weighted by Gasteiger charge is 2.13. The van der Waals surface area contributed by atoms with E-state index in [0.717, 1.165) is 60.9 Å². The van der Waals surface area contributed by atoms with Crippen LogP contribution in [0.4, 0.5) is 0 Å². The fraction of sp³-hybridized carbons (Fsp3) is 0.393. The first-order valence-corrected chi connectivity index (χ1v) is 12.0. The standard InChI is InChI=1S/C28H36N2O5/c1-4-17-30(28(31)10-5-8-22-12-14-25-27(20-22)35-21-34-25)18-7-16-29-15-6-9-23-11-13-24(32-2)26(19-23)33-3/h4-5,8,11-14,19-20,29H,1,6-7,9-10,15-18,21H2,2-3H3/b8-5+. The van der Waals surface area contributed by atoms with Gasteiger partial charge in [0, 0.05) is 19.5 Å². The Labute approximate surface area is 208 Å². The van der Waals surface area contributed by atoms with Gasteiger partial charge in [0.25, 0.3) is 0 Å². The van der Waals surface area contributed by atoms with Crippen LogP contribution < -0.4 is 24.3 Å². The van der Waals surface area contributed by atoms with Crippen molar-refractivity contribution in [3.63, 3.8) is 0 Å². The lowest BCUT2D eigenvalue weighted by Crippen LogP contribution is -2.33. The fourth-order valence-electron chi connectivity index (χ4n) is 3.89. The molecule has 0 fully saturated rings. The highest BCUT2D eigenvalue weighted by atomic mass is 16.7. The highest BCUT2D eigenvalue weighted by Crippen LogP contribution is 2.32. The van der Waals surface area contributed by atoms with Crippen molar-refractivity contribution in [3.8, 4) is 23.0 Å². The van der Waals surface area contributed by atoms with Crippen molar-refractivity contribution in [1.82, 2.24) is 10.2 Å². The van der Waals surface area contributed by atoms with Crippen LogP contribution in [-0.2, 0) is 11.2 Å². The minimum absolute atomic E-state index is 0.0929. The molecular formula is C28H36N2O5. The summed E-state index contributed by atoms with van der Waals surface area (Å²) in [5.74, 6) is 3.09. The van der Waals surface area contributed by atoms with E-state index in [1.165, 1.54) is 5.56 Å². The second kappa shape index (κ2) is 14.1. The molecule has 1 heterocycles. The first kappa shape index (κ1) is 26.2. The minimum Gasteiger partial charge on any atom is -0.493 e. The van der Waals surface area contributed by atoms with Gasteiger partial charge in [-0.05, 0) is 67.7 Å². The minimum atomic E-state index is 0.0929. The number of methoxy groups -OCH3 is 2. The third kappa shape index (κ3) is 8.07. The lowest BCUT2D eigenvalue weighted by molar-refractivity contribution is -0.129. The molecule has 2 aromatic carbocycles. The van der Waals surface area contributed by atoms with Crippen molar-refractivity contribution in [2.75, 3.05) is 47.2 Å². The summed E-state index contributed by atoms with van der Waals surface area (Å²) in [7, 11) is 3.29. The number of ether oxygens (including phenoxy) is 4. The number of benzene rings is 2. The summed E-state index contributed by atoms with van der Waals surface area (Å²) in [6.45, 7) is 7.08. The van der Waals surface area contributed by atoms with Crippen LogP contribution in [0, 0.1) is 0 Å². The van der Waals surface area contributed by atoms with E-state index < -0.39 is 0 Å². The molecule has 7 heteroatoms. The Bertz CT molecular complexity index is 1000. The Morgan fingerprint density at radius 3 is 2.66 bits per heavy atom. The van der Waals surface area contributed by atoms with E-state index in [4.69, 9.17) is 18.9 Å². The number of nitrogens with zero attached hydrogens (tertiary/aromatic N) is 1. The second-order valence-electron chi connectivity index (χ2n) is 8.24. The Morgan fingerprint density at radius 2 is 1.86 bits per heavy atom. The molecule has 1 N–H and O–H groups in total. The maximum Gasteiger partial charge on any atom is 0.231 e. The average molecular weight is 481 g/mol. The number of hydrogen-bond acceptors (Lipinski definition) is 6. The van der Waals surface area contributed by atoms with Crippen molar-refractivity contribution in [3.05, 3.63) is 66.3 Å². The molecule has 0 atom stereocenters. The number of fused-ring (bicyclic) bond motifs is 1. The molecule has 7 nitrogen and oxygen atoms in total. The van der Waals surface area contributed by atoms with Gasteiger partial charge in [-0.2, -0.15) is 0 Å². The molecule has 1 aliphatic rings. The van der Waals surface area contributed by atoms with Gasteiger partial charge >= 0.3 is 0 Å². The second-order valence-corrected chi connectivity index (χ2v) is 8.24. The van der Waals surface area contributed by atoms with E-state index in [1.54, 1.807) is 20.3 Å². The maximum absolute atomic E-state index is 12.7. The van der Waals surface area contributed by atoms with Crippen LogP contribution in [0.2, 0.25) is 0 Å². The Morgan fingerprint density at radius 1 is 1.06 bits per heavy atom. The number of hydrogen-bond donors (Lipinski definition) is 1. The summed E-state index contributed by atoms with van der Waals surface area (Å²) in [4.78, 5) is 14.5. The van der Waals surface area contributed by atoms with Crippen LogP contribution in [0.3, 0.4) is 0 Å². The smallest absolute Gasteiger partial charge is 0.231 e. The van der Waals surface area contributed by atoms with Crippen LogP contribution in [0.1, 0.15) is 30.4 Å². The van der Waals surface area contributed by atoms with Gasteiger partial charge in [0.05, 0.1) is 14.2 Å². The molecule has 1 aliphatic heterocycles. The van der Waals surface area contributed by atoms with Crippen LogP contribution in [0.5, 0.6) is 23.0 Å². The van der Waals surface area contributed by atoms with E-state index >= 15 is 0 Å². The van der Waals surface area contributed by atoms with Gasteiger partial charge in [0.2, 0.25) is 12.7 Å². The summed E-state index contributed by atoms with van der Waals surface area (Å²) in [6.07, 6.45) is 8.83. The maximum atomic E-state index is 12.7. The largest absolute Gasteiger partial charge is 0.493 e. The van der Waals surface area contributed by atoms with Gasteiger partial charge in [-0.1, -0.05) is 30.4 Å². The molecule has 0 spiro atoms. The molecule has 0 aromatic heterocycles. The predicted molar refractivity (Wildman–Crippen MR) is 138 cm³/mol. The van der Waals surface area contributed by atoms with Crippen LogP contribution in [-0.4, -0.2) is 58.0 Å². The molecule has 0 unspecified atom stereocenters. The van der Waals surface area contributed by atoms with Gasteiger partial charge < -0.3 is 29.2 Å². The van der Waals surface area contributed by atoms with E-state index in [0.29, 0.717) is 19.5 Å². The summed E-state index contributed by atoms with van der Waals surface area (Å²) >= 11 is 0. The summed E-state index contributed by atoms with van der Waals surface area (Å²) < 4.78 is 21.4. The first-order valence-electron chi connectivity index (χ1n) is 12.0. The van der Waals surface area contributed by atoms with Crippen molar-refractivity contribution in [2.45, 2.75) is 25.7 Å². The molecule has 3 rings (SSSR count). The topological polar surface area (TPSA) is 69.3 Å². The summed E-state index contributed by atoms with van der Waals surface area (Å²) in [5, 5.41) is 3.47. The van der Waals surface area contributed by atoms with Crippen molar-refractivity contribution in [1.29, 1.82) is 0 Å².